The Balaban J connectivity index is 1.57. The topological polar surface area (TPSA) is 24.4 Å². The molecule has 0 heterocycles. The molecule has 0 aliphatic rings. The number of hydrogen-bond acceptors (Lipinski definition) is 1. The van der Waals surface area contributed by atoms with E-state index in [1.54, 1.807) is 0 Å². The van der Waals surface area contributed by atoms with Crippen molar-refractivity contribution < 1.29 is 0 Å². The predicted molar refractivity (Wildman–Crippen MR) is 81.7 cm³/mol. The van der Waals surface area contributed by atoms with Crippen molar-refractivity contribution in [1.82, 2.24) is 5.32 Å². The maximum atomic E-state index is 4.36. The molecule has 2 heteroatoms. The van der Waals surface area contributed by atoms with Gasteiger partial charge in [0.25, 0.3) is 0 Å². The molecule has 0 spiro atoms. The van der Waals surface area contributed by atoms with Crippen LogP contribution < -0.4 is 5.32 Å². The van der Waals surface area contributed by atoms with E-state index in [0.717, 1.165) is 25.9 Å². The molecule has 98 valence electrons. The Morgan fingerprint density at radius 2 is 1.37 bits per heavy atom. The Labute approximate surface area is 115 Å². The van der Waals surface area contributed by atoms with Crippen molar-refractivity contribution in [2.45, 2.75) is 12.8 Å². The number of rotatable bonds is 7. The third kappa shape index (κ3) is 5.38. The van der Waals surface area contributed by atoms with Crippen LogP contribution in [0.25, 0.3) is 0 Å². The first-order valence-electron chi connectivity index (χ1n) is 6.75. The van der Waals surface area contributed by atoms with E-state index in [-0.39, 0.29) is 0 Å². The third-order valence-electron chi connectivity index (χ3n) is 2.96. The summed E-state index contributed by atoms with van der Waals surface area (Å²) in [6.45, 7) is 1.77. The van der Waals surface area contributed by atoms with Crippen LogP contribution >= 0.6 is 0 Å². The molecule has 0 atom stereocenters. The van der Waals surface area contributed by atoms with Gasteiger partial charge in [0.15, 0.2) is 0 Å². The molecule has 1 N–H and O–H groups in total. The van der Waals surface area contributed by atoms with E-state index in [0.29, 0.717) is 0 Å². The molecule has 2 aromatic rings. The van der Waals surface area contributed by atoms with Gasteiger partial charge in [-0.2, -0.15) is 0 Å². The van der Waals surface area contributed by atoms with Gasteiger partial charge in [-0.05, 0) is 24.0 Å². The molecule has 2 rings (SSSR count). The minimum atomic E-state index is 0.836. The van der Waals surface area contributed by atoms with Crippen LogP contribution in [0.4, 0.5) is 0 Å². The summed E-state index contributed by atoms with van der Waals surface area (Å²) in [5.41, 5.74) is 2.69. The summed E-state index contributed by atoms with van der Waals surface area (Å²) < 4.78 is 0. The number of hydrogen-bond donors (Lipinski definition) is 1. The molecule has 0 aromatic heterocycles. The molecule has 2 nitrogen and oxygen atoms in total. The lowest BCUT2D eigenvalue weighted by Gasteiger charge is -2.01. The average molecular weight is 252 g/mol. The van der Waals surface area contributed by atoms with Crippen LogP contribution in [0.5, 0.6) is 0 Å². The van der Waals surface area contributed by atoms with Crippen molar-refractivity contribution in [1.29, 1.82) is 0 Å². The van der Waals surface area contributed by atoms with Crippen LogP contribution in [0.2, 0.25) is 0 Å². The first kappa shape index (κ1) is 13.3. The first-order valence-corrected chi connectivity index (χ1v) is 6.75. The van der Waals surface area contributed by atoms with E-state index >= 15 is 0 Å². The summed E-state index contributed by atoms with van der Waals surface area (Å²) in [6, 6.07) is 20.9. The van der Waals surface area contributed by atoms with Crippen LogP contribution in [0.15, 0.2) is 65.7 Å². The zero-order chi connectivity index (χ0) is 13.2. The minimum Gasteiger partial charge on any atom is -0.376 e. The zero-order valence-electron chi connectivity index (χ0n) is 11.1. The van der Waals surface area contributed by atoms with Gasteiger partial charge < -0.3 is 5.32 Å². The standard InChI is InChI=1S/C17H20N2/c1-3-7-16(8-4-1)11-13-18-15-19-14-12-17-9-5-2-6-10-17/h1-10,15H,11-14H2,(H,18,19). The molecule has 0 fully saturated rings. The highest BCUT2D eigenvalue weighted by Crippen LogP contribution is 1.99. The maximum Gasteiger partial charge on any atom is 0.0824 e. The van der Waals surface area contributed by atoms with Gasteiger partial charge in [0, 0.05) is 13.1 Å². The van der Waals surface area contributed by atoms with Gasteiger partial charge in [-0.3, -0.25) is 4.99 Å². The Morgan fingerprint density at radius 3 is 2.00 bits per heavy atom. The van der Waals surface area contributed by atoms with Crippen molar-refractivity contribution in [2.75, 3.05) is 13.1 Å². The first-order chi connectivity index (χ1) is 9.45. The summed E-state index contributed by atoms with van der Waals surface area (Å²) in [6.07, 6.45) is 3.86. The molecule has 2 aromatic carbocycles. The highest BCUT2D eigenvalue weighted by atomic mass is 14.9. The fourth-order valence-electron chi connectivity index (χ4n) is 1.89. The smallest absolute Gasteiger partial charge is 0.0824 e. The number of aliphatic imine (C=N–C) groups is 1. The normalized spacial score (nSPS) is 10.7. The lowest BCUT2D eigenvalue weighted by Crippen LogP contribution is -2.15. The van der Waals surface area contributed by atoms with Gasteiger partial charge in [-0.25, -0.2) is 0 Å². The van der Waals surface area contributed by atoms with E-state index in [4.69, 9.17) is 0 Å². The second kappa shape index (κ2) is 8.09. The fourth-order valence-corrected chi connectivity index (χ4v) is 1.89. The van der Waals surface area contributed by atoms with Crippen molar-refractivity contribution in [3.05, 3.63) is 71.8 Å². The van der Waals surface area contributed by atoms with Crippen LogP contribution in [-0.2, 0) is 12.8 Å². The van der Waals surface area contributed by atoms with Gasteiger partial charge in [-0.1, -0.05) is 60.7 Å². The lowest BCUT2D eigenvalue weighted by atomic mass is 10.1. The number of nitrogens with zero attached hydrogens (tertiary/aromatic N) is 1. The van der Waals surface area contributed by atoms with Gasteiger partial charge in [0.2, 0.25) is 0 Å². The second-order valence-corrected chi connectivity index (χ2v) is 4.46. The number of benzene rings is 2. The summed E-state index contributed by atoms with van der Waals surface area (Å²) in [4.78, 5) is 4.36. The van der Waals surface area contributed by atoms with E-state index in [1.807, 2.05) is 18.5 Å². The Kier molecular flexibility index (Phi) is 5.68. The Hall–Kier alpha value is -2.09. The van der Waals surface area contributed by atoms with Crippen LogP contribution in [0.3, 0.4) is 0 Å². The molecule has 0 saturated heterocycles. The van der Waals surface area contributed by atoms with Gasteiger partial charge in [-0.15, -0.1) is 0 Å². The van der Waals surface area contributed by atoms with Crippen molar-refractivity contribution in [2.24, 2.45) is 4.99 Å². The van der Waals surface area contributed by atoms with Gasteiger partial charge >= 0.3 is 0 Å². The Bertz CT molecular complexity index is 477. The minimum absolute atomic E-state index is 0.836. The van der Waals surface area contributed by atoms with Crippen LogP contribution in [0.1, 0.15) is 11.1 Å². The Morgan fingerprint density at radius 1 is 0.789 bits per heavy atom. The SMILES string of the molecule is C(=NCCc1ccccc1)NCCc1ccccc1. The quantitative estimate of drug-likeness (QED) is 0.457. The highest BCUT2D eigenvalue weighted by Gasteiger charge is 1.90. The molecular formula is C17H20N2. The van der Waals surface area contributed by atoms with Crippen molar-refractivity contribution in [3.8, 4) is 0 Å². The molecular weight excluding hydrogens is 232 g/mol. The summed E-state index contributed by atoms with van der Waals surface area (Å²) in [7, 11) is 0. The molecule has 0 radical (unpaired) electrons. The summed E-state index contributed by atoms with van der Waals surface area (Å²) >= 11 is 0. The molecule has 0 amide bonds. The zero-order valence-corrected chi connectivity index (χ0v) is 11.1. The summed E-state index contributed by atoms with van der Waals surface area (Å²) in [5, 5.41) is 3.23. The molecule has 0 unspecified atom stereocenters. The third-order valence-corrected chi connectivity index (χ3v) is 2.96. The molecule has 0 aliphatic carbocycles. The second-order valence-electron chi connectivity index (χ2n) is 4.46. The van der Waals surface area contributed by atoms with Crippen molar-refractivity contribution >= 4 is 6.34 Å². The summed E-state index contributed by atoms with van der Waals surface area (Å²) in [5.74, 6) is 0. The average Bonchev–Trinajstić information content (AvgIpc) is 2.48. The van der Waals surface area contributed by atoms with E-state index in [9.17, 15) is 0 Å². The monoisotopic (exact) mass is 252 g/mol. The highest BCUT2D eigenvalue weighted by molar-refractivity contribution is 5.54. The van der Waals surface area contributed by atoms with Gasteiger partial charge in [0.05, 0.1) is 6.34 Å². The molecule has 0 saturated carbocycles. The maximum absolute atomic E-state index is 4.36. The van der Waals surface area contributed by atoms with E-state index < -0.39 is 0 Å². The van der Waals surface area contributed by atoms with Crippen LogP contribution in [-0.4, -0.2) is 19.4 Å². The number of nitrogens with one attached hydrogen (secondary N) is 1. The predicted octanol–water partition coefficient (Wildman–Crippen LogP) is 3.09. The van der Waals surface area contributed by atoms with Gasteiger partial charge in [0.1, 0.15) is 0 Å². The molecule has 0 aliphatic heterocycles. The van der Waals surface area contributed by atoms with Crippen LogP contribution in [0, 0.1) is 0 Å². The largest absolute Gasteiger partial charge is 0.376 e. The fraction of sp³-hybridized carbons (Fsp3) is 0.235. The van der Waals surface area contributed by atoms with Crippen molar-refractivity contribution in [3.63, 3.8) is 0 Å². The lowest BCUT2D eigenvalue weighted by molar-refractivity contribution is 0.867. The van der Waals surface area contributed by atoms with E-state index in [1.165, 1.54) is 11.1 Å². The molecule has 0 bridgehead atoms. The van der Waals surface area contributed by atoms with E-state index in [2.05, 4.69) is 58.8 Å². The molecule has 19 heavy (non-hydrogen) atoms.